The highest BCUT2D eigenvalue weighted by atomic mass is 32.2. The number of anilines is 1. The molecule has 0 unspecified atom stereocenters. The van der Waals surface area contributed by atoms with Crippen LogP contribution in [0.15, 0.2) is 57.7 Å². The molecule has 2 aromatic heterocycles. The largest absolute Gasteiger partial charge is 0.497 e. The Bertz CT molecular complexity index is 1220. The Labute approximate surface area is 173 Å². The van der Waals surface area contributed by atoms with E-state index in [2.05, 4.69) is 25.5 Å². The summed E-state index contributed by atoms with van der Waals surface area (Å²) in [4.78, 5) is 31.7. The van der Waals surface area contributed by atoms with Gasteiger partial charge in [-0.05, 0) is 36.4 Å². The number of aromatic amines is 1. The predicted molar refractivity (Wildman–Crippen MR) is 113 cm³/mol. The van der Waals surface area contributed by atoms with Gasteiger partial charge in [-0.25, -0.2) is 4.98 Å². The fourth-order valence-electron chi connectivity index (χ4n) is 2.53. The fourth-order valence-corrected chi connectivity index (χ4v) is 4.20. The van der Waals surface area contributed by atoms with E-state index in [0.29, 0.717) is 37.7 Å². The Hall–Kier alpha value is -3.24. The van der Waals surface area contributed by atoms with E-state index in [9.17, 15) is 9.59 Å². The minimum Gasteiger partial charge on any atom is -0.497 e. The van der Waals surface area contributed by atoms with Gasteiger partial charge in [0.05, 0.1) is 18.1 Å². The highest BCUT2D eigenvalue weighted by Crippen LogP contribution is 2.27. The first-order valence-corrected chi connectivity index (χ1v) is 10.3. The molecule has 4 rings (SSSR count). The molecule has 2 aromatic carbocycles. The highest BCUT2D eigenvalue weighted by molar-refractivity contribution is 8.00. The van der Waals surface area contributed by atoms with Crippen molar-refractivity contribution < 1.29 is 9.53 Å². The van der Waals surface area contributed by atoms with Crippen molar-refractivity contribution in [3.05, 3.63) is 70.1 Å². The number of para-hydroxylation sites is 2. The summed E-state index contributed by atoms with van der Waals surface area (Å²) in [7, 11) is 1.57. The van der Waals surface area contributed by atoms with E-state index in [-0.39, 0.29) is 11.5 Å². The highest BCUT2D eigenvalue weighted by Gasteiger charge is 2.12. The minimum absolute atomic E-state index is 0.228. The number of aromatic nitrogens is 4. The van der Waals surface area contributed by atoms with E-state index in [0.717, 1.165) is 5.52 Å². The first-order valence-electron chi connectivity index (χ1n) is 8.52. The van der Waals surface area contributed by atoms with Crippen LogP contribution >= 0.6 is 23.1 Å². The van der Waals surface area contributed by atoms with Crippen LogP contribution in [0.1, 0.15) is 16.1 Å². The van der Waals surface area contributed by atoms with Crippen molar-refractivity contribution in [3.63, 3.8) is 0 Å². The van der Waals surface area contributed by atoms with Crippen LogP contribution in [-0.2, 0) is 5.75 Å². The maximum Gasteiger partial charge on any atom is 0.271 e. The van der Waals surface area contributed by atoms with Crippen LogP contribution in [-0.4, -0.2) is 33.2 Å². The molecule has 0 aliphatic carbocycles. The molecule has 2 heterocycles. The molecule has 0 saturated carbocycles. The Morgan fingerprint density at radius 3 is 2.76 bits per heavy atom. The summed E-state index contributed by atoms with van der Waals surface area (Å²) in [6.45, 7) is 0. The number of thioether (sulfide) groups is 1. The number of hydrogen-bond donors (Lipinski definition) is 2. The average Bonchev–Trinajstić information content (AvgIpc) is 3.19. The summed E-state index contributed by atoms with van der Waals surface area (Å²) >= 11 is 2.58. The van der Waals surface area contributed by atoms with Gasteiger partial charge in [0, 0.05) is 11.3 Å². The first kappa shape index (κ1) is 19.1. The zero-order valence-corrected chi connectivity index (χ0v) is 16.8. The number of amides is 1. The lowest BCUT2D eigenvalue weighted by molar-refractivity contribution is 0.102. The van der Waals surface area contributed by atoms with Crippen molar-refractivity contribution in [3.8, 4) is 5.75 Å². The summed E-state index contributed by atoms with van der Waals surface area (Å²) in [6, 6.07) is 14.1. The van der Waals surface area contributed by atoms with Crippen LogP contribution in [0.5, 0.6) is 5.75 Å². The van der Waals surface area contributed by atoms with Gasteiger partial charge in [-0.1, -0.05) is 35.2 Å². The van der Waals surface area contributed by atoms with Crippen molar-refractivity contribution in [2.45, 2.75) is 10.1 Å². The van der Waals surface area contributed by atoms with Gasteiger partial charge in [0.15, 0.2) is 4.34 Å². The molecule has 4 aromatic rings. The first-order chi connectivity index (χ1) is 14.1. The van der Waals surface area contributed by atoms with Gasteiger partial charge in [-0.3, -0.25) is 14.9 Å². The Morgan fingerprint density at radius 1 is 1.17 bits per heavy atom. The lowest BCUT2D eigenvalue weighted by Crippen LogP contribution is -2.14. The maximum atomic E-state index is 12.3. The summed E-state index contributed by atoms with van der Waals surface area (Å²) in [6.07, 6.45) is 0. The van der Waals surface area contributed by atoms with Gasteiger partial charge in [-0.2, -0.15) is 0 Å². The summed E-state index contributed by atoms with van der Waals surface area (Å²) in [5, 5.41) is 11.1. The SMILES string of the molecule is COc1ccc(C(=O)Nc2nnc(SCc3nc4ccccc4[nH]c3=O)s2)cc1. The third-order valence-corrected chi connectivity index (χ3v) is 5.96. The molecule has 0 fully saturated rings. The number of benzene rings is 2. The van der Waals surface area contributed by atoms with E-state index >= 15 is 0 Å². The summed E-state index contributed by atoms with van der Waals surface area (Å²) in [5.74, 6) is 0.739. The smallest absolute Gasteiger partial charge is 0.271 e. The molecule has 0 saturated heterocycles. The molecule has 29 heavy (non-hydrogen) atoms. The van der Waals surface area contributed by atoms with Crippen LogP contribution in [0.4, 0.5) is 5.13 Å². The number of ether oxygens (including phenoxy) is 1. The van der Waals surface area contributed by atoms with E-state index < -0.39 is 0 Å². The molecule has 2 N–H and O–H groups in total. The van der Waals surface area contributed by atoms with E-state index in [1.165, 1.54) is 23.1 Å². The van der Waals surface area contributed by atoms with E-state index in [4.69, 9.17) is 4.74 Å². The Morgan fingerprint density at radius 2 is 1.97 bits per heavy atom. The predicted octanol–water partition coefficient (Wildman–Crippen LogP) is 3.33. The van der Waals surface area contributed by atoms with Gasteiger partial charge in [0.25, 0.3) is 11.5 Å². The Balaban J connectivity index is 1.41. The van der Waals surface area contributed by atoms with Crippen molar-refractivity contribution in [2.24, 2.45) is 0 Å². The zero-order chi connectivity index (χ0) is 20.2. The summed E-state index contributed by atoms with van der Waals surface area (Å²) < 4.78 is 5.71. The zero-order valence-electron chi connectivity index (χ0n) is 15.2. The molecule has 10 heteroatoms. The van der Waals surface area contributed by atoms with E-state index in [1.807, 2.05) is 24.3 Å². The molecule has 0 spiro atoms. The number of carbonyl (C=O) groups excluding carboxylic acids is 1. The van der Waals surface area contributed by atoms with Gasteiger partial charge in [0.2, 0.25) is 5.13 Å². The maximum absolute atomic E-state index is 12.3. The lowest BCUT2D eigenvalue weighted by Gasteiger charge is -2.02. The minimum atomic E-state index is -0.284. The number of nitrogens with zero attached hydrogens (tertiary/aromatic N) is 3. The van der Waals surface area contributed by atoms with Crippen LogP contribution in [0, 0.1) is 0 Å². The summed E-state index contributed by atoms with van der Waals surface area (Å²) in [5.41, 5.74) is 2.10. The van der Waals surface area contributed by atoms with Crippen LogP contribution < -0.4 is 15.6 Å². The monoisotopic (exact) mass is 425 g/mol. The van der Waals surface area contributed by atoms with Crippen LogP contribution in [0.2, 0.25) is 0 Å². The number of methoxy groups -OCH3 is 1. The van der Waals surface area contributed by atoms with Crippen molar-refractivity contribution in [2.75, 3.05) is 12.4 Å². The van der Waals surface area contributed by atoms with Crippen molar-refractivity contribution in [1.82, 2.24) is 20.2 Å². The number of hydrogen-bond acceptors (Lipinski definition) is 8. The number of fused-ring (bicyclic) bond motifs is 1. The molecule has 146 valence electrons. The number of carbonyl (C=O) groups is 1. The number of H-pyrrole nitrogens is 1. The molecular weight excluding hydrogens is 410 g/mol. The van der Waals surface area contributed by atoms with Crippen molar-refractivity contribution >= 4 is 45.2 Å². The van der Waals surface area contributed by atoms with Gasteiger partial charge in [-0.15, -0.1) is 10.2 Å². The standard InChI is InChI=1S/C19H15N5O3S2/c1-27-12-8-6-11(7-9-12)16(25)22-18-23-24-19(29-18)28-10-15-17(26)21-14-5-3-2-4-13(14)20-15/h2-9H,10H2,1H3,(H,21,26)(H,22,23,25). The molecule has 1 amide bonds. The topological polar surface area (TPSA) is 110 Å². The average molecular weight is 425 g/mol. The third-order valence-electron chi connectivity index (χ3n) is 3.98. The second kappa shape index (κ2) is 8.41. The number of rotatable bonds is 6. The lowest BCUT2D eigenvalue weighted by atomic mass is 10.2. The molecule has 0 radical (unpaired) electrons. The van der Waals surface area contributed by atoms with Gasteiger partial charge < -0.3 is 9.72 Å². The molecule has 0 aliphatic rings. The second-order valence-electron chi connectivity index (χ2n) is 5.87. The van der Waals surface area contributed by atoms with Gasteiger partial charge in [0.1, 0.15) is 11.4 Å². The molecule has 0 atom stereocenters. The van der Waals surface area contributed by atoms with E-state index in [1.54, 1.807) is 31.4 Å². The van der Waals surface area contributed by atoms with Crippen LogP contribution in [0.25, 0.3) is 11.0 Å². The molecule has 0 aliphatic heterocycles. The fraction of sp³-hybridized carbons (Fsp3) is 0.105. The molecular formula is C19H15N5O3S2. The normalized spacial score (nSPS) is 10.8. The van der Waals surface area contributed by atoms with Crippen molar-refractivity contribution in [1.29, 1.82) is 0 Å². The Kier molecular flexibility index (Phi) is 5.54. The second-order valence-corrected chi connectivity index (χ2v) is 8.07. The number of nitrogens with one attached hydrogen (secondary N) is 2. The van der Waals surface area contributed by atoms with Gasteiger partial charge >= 0.3 is 0 Å². The van der Waals surface area contributed by atoms with Crippen LogP contribution in [0.3, 0.4) is 0 Å². The third kappa shape index (κ3) is 4.44. The molecule has 8 nitrogen and oxygen atoms in total. The molecule has 0 bridgehead atoms. The quantitative estimate of drug-likeness (QED) is 0.360.